The smallest absolute Gasteiger partial charge is 0.282 e. The summed E-state index contributed by atoms with van der Waals surface area (Å²) in [4.78, 5) is 26.8. The molecule has 0 aliphatic carbocycles. The summed E-state index contributed by atoms with van der Waals surface area (Å²) >= 11 is 0. The number of carbonyl (C=O) groups is 1. The van der Waals surface area contributed by atoms with Crippen LogP contribution < -0.4 is 5.56 Å². The number of benzene rings is 1. The molecule has 3 heterocycles. The minimum absolute atomic E-state index is 0.213. The van der Waals surface area contributed by atoms with E-state index in [0.717, 1.165) is 30.4 Å². The monoisotopic (exact) mass is 434 g/mol. The standard InChI is InChI=1S/C19H26N6O4S/c26-18(15-25-19(27)16-7-3-4-8-17(16)20-21-25)22-11-13-24(14-12-22)30(28,29)23-9-5-1-2-6-10-23/h3-4,7-8H,1-2,5-6,9-15H2. The summed E-state index contributed by atoms with van der Waals surface area (Å²) < 4.78 is 29.9. The molecule has 4 rings (SSSR count). The third-order valence-electron chi connectivity index (χ3n) is 5.72. The highest BCUT2D eigenvalue weighted by atomic mass is 32.2. The number of hydrogen-bond donors (Lipinski definition) is 0. The minimum Gasteiger partial charge on any atom is -0.338 e. The van der Waals surface area contributed by atoms with Crippen molar-refractivity contribution in [2.24, 2.45) is 0 Å². The first-order valence-corrected chi connectivity index (χ1v) is 11.7. The van der Waals surface area contributed by atoms with E-state index in [2.05, 4.69) is 10.3 Å². The van der Waals surface area contributed by atoms with Crippen molar-refractivity contribution in [1.82, 2.24) is 28.5 Å². The Morgan fingerprint density at radius 1 is 0.900 bits per heavy atom. The van der Waals surface area contributed by atoms with Crippen molar-refractivity contribution in [3.05, 3.63) is 34.6 Å². The van der Waals surface area contributed by atoms with Gasteiger partial charge in [-0.2, -0.15) is 17.0 Å². The molecule has 0 atom stereocenters. The molecule has 1 aromatic carbocycles. The minimum atomic E-state index is -3.50. The molecular weight excluding hydrogens is 408 g/mol. The van der Waals surface area contributed by atoms with Crippen LogP contribution in [0.1, 0.15) is 25.7 Å². The van der Waals surface area contributed by atoms with Crippen LogP contribution in [0, 0.1) is 0 Å². The molecule has 2 aliphatic heterocycles. The predicted octanol–water partition coefficient (Wildman–Crippen LogP) is 0.0565. The third-order valence-corrected chi connectivity index (χ3v) is 7.76. The molecule has 0 bridgehead atoms. The summed E-state index contributed by atoms with van der Waals surface area (Å²) in [5.41, 5.74) is 0.120. The Hall–Kier alpha value is -2.37. The van der Waals surface area contributed by atoms with E-state index in [9.17, 15) is 18.0 Å². The maximum Gasteiger partial charge on any atom is 0.282 e. The highest BCUT2D eigenvalue weighted by Crippen LogP contribution is 2.18. The van der Waals surface area contributed by atoms with E-state index in [1.54, 1.807) is 33.5 Å². The van der Waals surface area contributed by atoms with Crippen molar-refractivity contribution in [3.8, 4) is 0 Å². The molecule has 2 aliphatic rings. The van der Waals surface area contributed by atoms with Crippen LogP contribution in [0.4, 0.5) is 0 Å². The van der Waals surface area contributed by atoms with Crippen LogP contribution in [0.5, 0.6) is 0 Å². The van der Waals surface area contributed by atoms with Crippen molar-refractivity contribution >= 4 is 27.0 Å². The van der Waals surface area contributed by atoms with E-state index in [-0.39, 0.29) is 31.1 Å². The molecule has 2 aromatic rings. The van der Waals surface area contributed by atoms with Gasteiger partial charge in [0.05, 0.1) is 5.39 Å². The van der Waals surface area contributed by atoms with Gasteiger partial charge in [0.2, 0.25) is 5.91 Å². The van der Waals surface area contributed by atoms with E-state index >= 15 is 0 Å². The molecule has 0 N–H and O–H groups in total. The summed E-state index contributed by atoms with van der Waals surface area (Å²) in [5, 5.41) is 8.26. The molecule has 30 heavy (non-hydrogen) atoms. The Bertz CT molecular complexity index is 1070. The van der Waals surface area contributed by atoms with Crippen molar-refractivity contribution in [3.63, 3.8) is 0 Å². The molecule has 162 valence electrons. The van der Waals surface area contributed by atoms with Gasteiger partial charge >= 0.3 is 0 Å². The molecular formula is C19H26N6O4S. The van der Waals surface area contributed by atoms with Gasteiger partial charge in [0.25, 0.3) is 15.8 Å². The van der Waals surface area contributed by atoms with Crippen molar-refractivity contribution < 1.29 is 13.2 Å². The molecule has 0 spiro atoms. The average Bonchev–Trinajstić information content (AvgIpc) is 3.06. The zero-order valence-electron chi connectivity index (χ0n) is 16.8. The normalized spacial score (nSPS) is 19.7. The van der Waals surface area contributed by atoms with Crippen molar-refractivity contribution in [2.45, 2.75) is 32.2 Å². The Morgan fingerprint density at radius 2 is 1.53 bits per heavy atom. The fourth-order valence-electron chi connectivity index (χ4n) is 3.96. The number of nitrogens with zero attached hydrogens (tertiary/aromatic N) is 6. The molecule has 2 saturated heterocycles. The summed E-state index contributed by atoms with van der Waals surface area (Å²) in [6.45, 7) is 2.00. The lowest BCUT2D eigenvalue weighted by molar-refractivity contribution is -0.133. The summed E-state index contributed by atoms with van der Waals surface area (Å²) in [6.07, 6.45) is 3.90. The van der Waals surface area contributed by atoms with Gasteiger partial charge in [0, 0.05) is 39.3 Å². The van der Waals surface area contributed by atoms with Crippen LogP contribution in [-0.4, -0.2) is 82.1 Å². The number of fused-ring (bicyclic) bond motifs is 1. The Kier molecular flexibility index (Phi) is 6.11. The molecule has 2 fully saturated rings. The predicted molar refractivity (Wildman–Crippen MR) is 111 cm³/mol. The first-order chi connectivity index (χ1) is 14.5. The molecule has 0 radical (unpaired) electrons. The third kappa shape index (κ3) is 4.23. The molecule has 11 heteroatoms. The lowest BCUT2D eigenvalue weighted by Crippen LogP contribution is -2.55. The molecule has 1 amide bonds. The Balaban J connectivity index is 1.39. The highest BCUT2D eigenvalue weighted by molar-refractivity contribution is 7.86. The number of rotatable bonds is 4. The maximum atomic E-state index is 12.9. The van der Waals surface area contributed by atoms with Crippen LogP contribution in [-0.2, 0) is 21.5 Å². The van der Waals surface area contributed by atoms with Crippen LogP contribution in [0.2, 0.25) is 0 Å². The first kappa shape index (κ1) is 20.9. The summed E-state index contributed by atoms with van der Waals surface area (Å²) in [6, 6.07) is 6.85. The lowest BCUT2D eigenvalue weighted by Gasteiger charge is -2.36. The fourth-order valence-corrected chi connectivity index (χ4v) is 5.63. The quantitative estimate of drug-likeness (QED) is 0.673. The molecule has 10 nitrogen and oxygen atoms in total. The van der Waals surface area contributed by atoms with Crippen molar-refractivity contribution in [1.29, 1.82) is 0 Å². The van der Waals surface area contributed by atoms with E-state index in [0.29, 0.717) is 37.1 Å². The van der Waals surface area contributed by atoms with Crippen LogP contribution in [0.25, 0.3) is 10.9 Å². The van der Waals surface area contributed by atoms with E-state index in [1.165, 1.54) is 4.31 Å². The van der Waals surface area contributed by atoms with E-state index in [4.69, 9.17) is 0 Å². The topological polar surface area (TPSA) is 109 Å². The van der Waals surface area contributed by atoms with Crippen LogP contribution in [0.3, 0.4) is 0 Å². The number of hydrogen-bond acceptors (Lipinski definition) is 6. The summed E-state index contributed by atoms with van der Waals surface area (Å²) in [7, 11) is -3.50. The van der Waals surface area contributed by atoms with Gasteiger partial charge in [-0.3, -0.25) is 9.59 Å². The molecule has 0 unspecified atom stereocenters. The number of piperazine rings is 1. The van der Waals surface area contributed by atoms with Gasteiger partial charge < -0.3 is 4.90 Å². The first-order valence-electron chi connectivity index (χ1n) is 10.3. The van der Waals surface area contributed by atoms with Gasteiger partial charge in [-0.15, -0.1) is 5.10 Å². The second-order valence-corrected chi connectivity index (χ2v) is 9.60. The fraction of sp³-hybridized carbons (Fsp3) is 0.579. The van der Waals surface area contributed by atoms with E-state index in [1.807, 2.05) is 0 Å². The zero-order chi connectivity index (χ0) is 21.1. The van der Waals surface area contributed by atoms with Gasteiger partial charge in [0.15, 0.2) is 0 Å². The van der Waals surface area contributed by atoms with Gasteiger partial charge in [-0.05, 0) is 25.0 Å². The Morgan fingerprint density at radius 3 is 2.23 bits per heavy atom. The Labute approximate surface area is 175 Å². The van der Waals surface area contributed by atoms with Gasteiger partial charge in [-0.1, -0.05) is 30.2 Å². The maximum absolute atomic E-state index is 12.9. The average molecular weight is 435 g/mol. The molecule has 0 saturated carbocycles. The zero-order valence-corrected chi connectivity index (χ0v) is 17.6. The number of amides is 1. The SMILES string of the molecule is O=C(Cn1nnc2ccccc2c1=O)N1CCN(S(=O)(=O)N2CCCCCC2)CC1. The van der Waals surface area contributed by atoms with Gasteiger partial charge in [0.1, 0.15) is 12.1 Å². The van der Waals surface area contributed by atoms with Crippen molar-refractivity contribution in [2.75, 3.05) is 39.3 Å². The largest absolute Gasteiger partial charge is 0.338 e. The number of aromatic nitrogens is 3. The van der Waals surface area contributed by atoms with Gasteiger partial charge in [-0.25, -0.2) is 4.68 Å². The van der Waals surface area contributed by atoms with Crippen LogP contribution in [0.15, 0.2) is 29.1 Å². The summed E-state index contributed by atoms with van der Waals surface area (Å²) in [5.74, 6) is -0.270. The second kappa shape index (κ2) is 8.78. The number of carbonyl (C=O) groups excluding carboxylic acids is 1. The lowest BCUT2D eigenvalue weighted by atomic mass is 10.2. The van der Waals surface area contributed by atoms with E-state index < -0.39 is 10.2 Å². The molecule has 1 aromatic heterocycles. The second-order valence-electron chi connectivity index (χ2n) is 7.67. The van der Waals surface area contributed by atoms with Crippen LogP contribution >= 0.6 is 0 Å². The highest BCUT2D eigenvalue weighted by Gasteiger charge is 2.33.